The van der Waals surface area contributed by atoms with E-state index in [0.717, 1.165) is 27.3 Å². The molecule has 8 nitrogen and oxygen atoms in total. The van der Waals surface area contributed by atoms with Crippen LogP contribution in [-0.2, 0) is 7.05 Å². The van der Waals surface area contributed by atoms with Crippen LogP contribution in [0.3, 0.4) is 0 Å². The van der Waals surface area contributed by atoms with Crippen LogP contribution < -0.4 is 16.2 Å². The molecule has 142 valence electrons. The number of anilines is 2. The third-order valence-electron chi connectivity index (χ3n) is 4.06. The number of hydrazine groups is 1. The molecule has 3 heterocycles. The molecule has 0 aliphatic carbocycles. The summed E-state index contributed by atoms with van der Waals surface area (Å²) < 4.78 is 1.81. The highest BCUT2D eigenvalue weighted by Crippen LogP contribution is 2.29. The van der Waals surface area contributed by atoms with Gasteiger partial charge in [0.05, 0.1) is 16.9 Å². The highest BCUT2D eigenvalue weighted by Gasteiger charge is 2.19. The highest BCUT2D eigenvalue weighted by molar-refractivity contribution is 6.33. The number of urea groups is 1. The lowest BCUT2D eigenvalue weighted by molar-refractivity contribution is 0.255. The SMILES string of the molecule is Cc1nn(C)c2c(C(C)C)cc(NN(C(N)=O)c3cc(Cl)nc(Cl)c3)nc12. The van der Waals surface area contributed by atoms with Gasteiger partial charge in [0.25, 0.3) is 0 Å². The summed E-state index contributed by atoms with van der Waals surface area (Å²) in [5, 5.41) is 5.84. The number of amides is 2. The highest BCUT2D eigenvalue weighted by atomic mass is 35.5. The summed E-state index contributed by atoms with van der Waals surface area (Å²) in [6, 6.07) is 4.07. The molecule has 0 unspecified atom stereocenters. The van der Waals surface area contributed by atoms with Gasteiger partial charge >= 0.3 is 6.03 Å². The minimum Gasteiger partial charge on any atom is -0.350 e. The van der Waals surface area contributed by atoms with Gasteiger partial charge in [-0.1, -0.05) is 37.0 Å². The molecule has 0 radical (unpaired) electrons. The minimum atomic E-state index is -0.746. The first-order valence-electron chi connectivity index (χ1n) is 8.21. The molecule has 0 saturated carbocycles. The van der Waals surface area contributed by atoms with Crippen molar-refractivity contribution in [2.75, 3.05) is 10.4 Å². The van der Waals surface area contributed by atoms with Crippen LogP contribution >= 0.6 is 23.2 Å². The van der Waals surface area contributed by atoms with Crippen LogP contribution in [0.1, 0.15) is 31.0 Å². The van der Waals surface area contributed by atoms with Crippen molar-refractivity contribution in [3.63, 3.8) is 0 Å². The van der Waals surface area contributed by atoms with Crippen molar-refractivity contribution < 1.29 is 4.79 Å². The van der Waals surface area contributed by atoms with Gasteiger partial charge in [0, 0.05) is 19.2 Å². The van der Waals surface area contributed by atoms with E-state index in [1.807, 2.05) is 24.7 Å². The number of hydrogen-bond donors (Lipinski definition) is 2. The predicted molar refractivity (Wildman–Crippen MR) is 107 cm³/mol. The molecule has 0 saturated heterocycles. The first-order valence-corrected chi connectivity index (χ1v) is 8.96. The molecule has 3 rings (SSSR count). The molecule has 0 atom stereocenters. The van der Waals surface area contributed by atoms with Gasteiger partial charge in [-0.2, -0.15) is 5.10 Å². The molecule has 0 fully saturated rings. The van der Waals surface area contributed by atoms with Crippen molar-refractivity contribution in [3.8, 4) is 0 Å². The van der Waals surface area contributed by atoms with Gasteiger partial charge in [-0.05, 0) is 24.5 Å². The first kappa shape index (κ1) is 19.2. The number of hydrogen-bond acceptors (Lipinski definition) is 5. The van der Waals surface area contributed by atoms with E-state index in [0.29, 0.717) is 11.5 Å². The maximum atomic E-state index is 12.0. The standard InChI is InChI=1S/C17H19Cl2N7O/c1-8(2)11-7-14(22-15-9(3)23-25(4)16(11)15)24-26(17(20)27)10-5-12(18)21-13(19)6-10/h5-8H,1-4H3,(H2,20,27)(H,22,24). The molecule has 0 bridgehead atoms. The second kappa shape index (κ2) is 7.21. The first-order chi connectivity index (χ1) is 12.7. The molecule has 2 amide bonds. The monoisotopic (exact) mass is 407 g/mol. The van der Waals surface area contributed by atoms with E-state index in [4.69, 9.17) is 28.9 Å². The van der Waals surface area contributed by atoms with Gasteiger partial charge < -0.3 is 5.73 Å². The Morgan fingerprint density at radius 2 is 1.85 bits per heavy atom. The smallest absolute Gasteiger partial charge is 0.338 e. The van der Waals surface area contributed by atoms with Crippen LogP contribution in [0, 0.1) is 6.92 Å². The van der Waals surface area contributed by atoms with Crippen molar-refractivity contribution in [3.05, 3.63) is 39.8 Å². The maximum absolute atomic E-state index is 12.0. The number of carbonyl (C=O) groups is 1. The number of pyridine rings is 2. The maximum Gasteiger partial charge on any atom is 0.338 e. The molecule has 0 aromatic carbocycles. The third-order valence-corrected chi connectivity index (χ3v) is 4.45. The van der Waals surface area contributed by atoms with Crippen molar-refractivity contribution in [1.29, 1.82) is 0 Å². The zero-order valence-electron chi connectivity index (χ0n) is 15.3. The van der Waals surface area contributed by atoms with Crippen molar-refractivity contribution in [2.24, 2.45) is 12.8 Å². The number of fused-ring (bicyclic) bond motifs is 1. The Bertz CT molecular complexity index is 1010. The third kappa shape index (κ3) is 3.77. The summed E-state index contributed by atoms with van der Waals surface area (Å²) in [4.78, 5) is 20.5. The van der Waals surface area contributed by atoms with Crippen molar-refractivity contribution >= 4 is 51.8 Å². The summed E-state index contributed by atoms with van der Waals surface area (Å²) in [5.74, 6) is 0.669. The quantitative estimate of drug-likeness (QED) is 0.502. The van der Waals surface area contributed by atoms with Crippen molar-refractivity contribution in [2.45, 2.75) is 26.7 Å². The Morgan fingerprint density at radius 1 is 1.22 bits per heavy atom. The summed E-state index contributed by atoms with van der Waals surface area (Å²) in [7, 11) is 1.88. The molecule has 3 aromatic heterocycles. The molecule has 3 aromatic rings. The number of carbonyl (C=O) groups excluding carboxylic acids is 1. The molecule has 0 spiro atoms. The number of nitrogens with one attached hydrogen (secondary N) is 1. The Balaban J connectivity index is 2.10. The van der Waals surface area contributed by atoms with E-state index in [2.05, 4.69) is 34.3 Å². The number of rotatable bonds is 4. The van der Waals surface area contributed by atoms with Gasteiger partial charge in [-0.15, -0.1) is 0 Å². The Labute approximate surface area is 166 Å². The van der Waals surface area contributed by atoms with Crippen molar-refractivity contribution in [1.82, 2.24) is 19.7 Å². The zero-order valence-corrected chi connectivity index (χ0v) is 16.8. The number of aryl methyl sites for hydroxylation is 2. The van der Waals surface area contributed by atoms with E-state index >= 15 is 0 Å². The second-order valence-corrected chi connectivity index (χ2v) is 7.19. The van der Waals surface area contributed by atoms with Gasteiger partial charge in [0.1, 0.15) is 21.6 Å². The largest absolute Gasteiger partial charge is 0.350 e. The summed E-state index contributed by atoms with van der Waals surface area (Å²) >= 11 is 11.9. The van der Waals surface area contributed by atoms with Gasteiger partial charge in [0.15, 0.2) is 0 Å². The van der Waals surface area contributed by atoms with E-state index < -0.39 is 6.03 Å². The lowest BCUT2D eigenvalue weighted by atomic mass is 10.0. The van der Waals surface area contributed by atoms with Crippen LogP contribution in [0.2, 0.25) is 10.3 Å². The molecule has 27 heavy (non-hydrogen) atoms. The summed E-state index contributed by atoms with van der Waals surface area (Å²) in [6.45, 7) is 6.04. The minimum absolute atomic E-state index is 0.139. The number of halogens is 2. The lowest BCUT2D eigenvalue weighted by Gasteiger charge is -2.23. The molecule has 10 heteroatoms. The zero-order chi connectivity index (χ0) is 19.9. The van der Waals surface area contributed by atoms with E-state index in [9.17, 15) is 4.79 Å². The predicted octanol–water partition coefficient (Wildman–Crippen LogP) is 4.01. The molecule has 0 aliphatic rings. The van der Waals surface area contributed by atoms with E-state index in [-0.39, 0.29) is 16.2 Å². The lowest BCUT2D eigenvalue weighted by Crippen LogP contribution is -2.40. The van der Waals surface area contributed by atoms with Gasteiger partial charge in [0.2, 0.25) is 0 Å². The Kier molecular flexibility index (Phi) is 5.12. The fourth-order valence-electron chi connectivity index (χ4n) is 2.91. The normalized spacial score (nSPS) is 11.2. The number of aromatic nitrogens is 4. The summed E-state index contributed by atoms with van der Waals surface area (Å²) in [6.07, 6.45) is 0. The molecule has 3 N–H and O–H groups in total. The van der Waals surface area contributed by atoms with Gasteiger partial charge in [-0.3, -0.25) is 10.1 Å². The average molecular weight is 408 g/mol. The van der Waals surface area contributed by atoms with Crippen LogP contribution in [0.5, 0.6) is 0 Å². The molecule has 0 aliphatic heterocycles. The van der Waals surface area contributed by atoms with Crippen LogP contribution in [0.4, 0.5) is 16.3 Å². The topological polar surface area (TPSA) is 102 Å². The second-order valence-electron chi connectivity index (χ2n) is 6.41. The number of nitrogens with zero attached hydrogens (tertiary/aromatic N) is 5. The fourth-order valence-corrected chi connectivity index (χ4v) is 3.36. The van der Waals surface area contributed by atoms with Crippen LogP contribution in [0.15, 0.2) is 18.2 Å². The number of nitrogens with two attached hydrogens (primary N) is 1. The summed E-state index contributed by atoms with van der Waals surface area (Å²) in [5.41, 5.74) is 12.4. The Hall–Kier alpha value is -2.58. The van der Waals surface area contributed by atoms with Crippen LogP contribution in [0.25, 0.3) is 11.0 Å². The average Bonchev–Trinajstić information content (AvgIpc) is 2.85. The van der Waals surface area contributed by atoms with E-state index in [1.54, 1.807) is 0 Å². The fraction of sp³-hybridized carbons (Fsp3) is 0.294. The Morgan fingerprint density at radius 3 is 2.41 bits per heavy atom. The molecular formula is C17H19Cl2N7O. The molecular weight excluding hydrogens is 389 g/mol. The number of primary amides is 1. The van der Waals surface area contributed by atoms with Crippen LogP contribution in [-0.4, -0.2) is 25.8 Å². The van der Waals surface area contributed by atoms with E-state index in [1.165, 1.54) is 12.1 Å². The van der Waals surface area contributed by atoms with Gasteiger partial charge in [-0.25, -0.2) is 19.8 Å².